The summed E-state index contributed by atoms with van der Waals surface area (Å²) in [6, 6.07) is 4.03. The highest BCUT2D eigenvalue weighted by Crippen LogP contribution is 2.04. The van der Waals surface area contributed by atoms with Crippen LogP contribution in [0.5, 0.6) is 0 Å². The summed E-state index contributed by atoms with van der Waals surface area (Å²) in [5.74, 6) is 0.833. The third kappa shape index (κ3) is 12.8. The van der Waals surface area contributed by atoms with Gasteiger partial charge in [0, 0.05) is 6.20 Å². The van der Waals surface area contributed by atoms with Crippen LogP contribution in [0.3, 0.4) is 0 Å². The molecule has 0 aromatic carbocycles. The molecule has 0 amide bonds. The molecule has 1 rings (SSSR count). The molecule has 1 nitrogen and oxygen atoms in total. The Kier molecular flexibility index (Phi) is 13.9. The molecule has 0 saturated heterocycles. The number of rotatable bonds is 2. The van der Waals surface area contributed by atoms with Gasteiger partial charge < -0.3 is 0 Å². The zero-order valence-corrected chi connectivity index (χ0v) is 12.6. The van der Waals surface area contributed by atoms with E-state index < -0.39 is 0 Å². The second-order valence-corrected chi connectivity index (χ2v) is 4.25. The molecule has 1 heterocycles. The molecule has 0 N–H and O–H groups in total. The maximum atomic E-state index is 4.23. The van der Waals surface area contributed by atoms with E-state index in [9.17, 15) is 0 Å². The number of nitrogens with zero attached hydrogens (tertiary/aromatic N) is 1. The van der Waals surface area contributed by atoms with Crippen molar-refractivity contribution >= 4 is 6.08 Å². The van der Waals surface area contributed by atoms with Crippen LogP contribution in [0, 0.1) is 12.8 Å². The quantitative estimate of drug-likeness (QED) is 0.659. The molecule has 0 saturated carbocycles. The van der Waals surface area contributed by atoms with Gasteiger partial charge in [-0.05, 0) is 37.0 Å². The first kappa shape index (κ1) is 18.3. The first-order valence-electron chi connectivity index (χ1n) is 6.66. The lowest BCUT2D eigenvalue weighted by molar-refractivity contribution is 0.737. The van der Waals surface area contributed by atoms with Crippen LogP contribution in [-0.4, -0.2) is 4.98 Å². The van der Waals surface area contributed by atoms with Gasteiger partial charge in [-0.2, -0.15) is 0 Å². The predicted octanol–water partition coefficient (Wildman–Crippen LogP) is 5.50. The van der Waals surface area contributed by atoms with Crippen LogP contribution < -0.4 is 0 Å². The summed E-state index contributed by atoms with van der Waals surface area (Å²) in [7, 11) is 0. The van der Waals surface area contributed by atoms with Crippen molar-refractivity contribution in [1.29, 1.82) is 0 Å². The molecule has 0 unspecified atom stereocenters. The molecule has 0 aliphatic heterocycles. The molecule has 0 spiro atoms. The van der Waals surface area contributed by atoms with E-state index >= 15 is 0 Å². The minimum atomic E-state index is 0.833. The van der Waals surface area contributed by atoms with E-state index in [1.165, 1.54) is 5.56 Å². The standard InChI is InChI=1S/C10H13N.C4H10.C2H6/c1-3-4-7-10-9(2)6-5-8-11-10;1-4(2)3;1-2/h4-8H,3H2,1-2H3;4H,1-3H3;1-2H3/b7-4-;;. The van der Waals surface area contributed by atoms with Gasteiger partial charge in [0.1, 0.15) is 0 Å². The third-order valence-electron chi connectivity index (χ3n) is 1.56. The van der Waals surface area contributed by atoms with Crippen molar-refractivity contribution < 1.29 is 0 Å². The molecule has 0 fully saturated rings. The monoisotopic (exact) mass is 235 g/mol. The van der Waals surface area contributed by atoms with Crippen molar-refractivity contribution in [3.05, 3.63) is 35.7 Å². The normalized spacial score (nSPS) is 9.41. The Morgan fingerprint density at radius 3 is 2.18 bits per heavy atom. The zero-order valence-electron chi connectivity index (χ0n) is 12.6. The summed E-state index contributed by atoms with van der Waals surface area (Å²) in [4.78, 5) is 4.23. The lowest BCUT2D eigenvalue weighted by atomic mass is 10.2. The molecule has 0 bridgehead atoms. The maximum absolute atomic E-state index is 4.23. The molecular weight excluding hydrogens is 206 g/mol. The van der Waals surface area contributed by atoms with Crippen LogP contribution in [0.4, 0.5) is 0 Å². The summed E-state index contributed by atoms with van der Waals surface area (Å²) >= 11 is 0. The summed E-state index contributed by atoms with van der Waals surface area (Å²) in [5.41, 5.74) is 2.31. The van der Waals surface area contributed by atoms with Crippen LogP contribution >= 0.6 is 0 Å². The first-order valence-corrected chi connectivity index (χ1v) is 6.66. The highest BCUT2D eigenvalue weighted by molar-refractivity contribution is 5.48. The fourth-order valence-corrected chi connectivity index (χ4v) is 0.902. The van der Waals surface area contributed by atoms with Gasteiger partial charge >= 0.3 is 0 Å². The molecular formula is C16H29N. The van der Waals surface area contributed by atoms with E-state index in [0.29, 0.717) is 0 Å². The fourth-order valence-electron chi connectivity index (χ4n) is 0.902. The predicted molar refractivity (Wildman–Crippen MR) is 80.2 cm³/mol. The number of hydrogen-bond acceptors (Lipinski definition) is 1. The molecule has 17 heavy (non-hydrogen) atoms. The molecule has 1 aromatic rings. The lowest BCUT2D eigenvalue weighted by Gasteiger charge is -1.95. The van der Waals surface area contributed by atoms with Gasteiger partial charge in [-0.3, -0.25) is 4.98 Å². The zero-order chi connectivity index (χ0) is 13.7. The number of allylic oxidation sites excluding steroid dienone is 1. The van der Waals surface area contributed by atoms with E-state index in [1.807, 2.05) is 26.1 Å². The minimum absolute atomic E-state index is 0.833. The summed E-state index contributed by atoms with van der Waals surface area (Å²) in [6.07, 6.45) is 7.07. The van der Waals surface area contributed by atoms with Crippen LogP contribution in [0.2, 0.25) is 0 Å². The number of hydrogen-bond donors (Lipinski definition) is 0. The maximum Gasteiger partial charge on any atom is 0.0655 e. The smallest absolute Gasteiger partial charge is 0.0655 e. The Hall–Kier alpha value is -1.11. The topological polar surface area (TPSA) is 12.9 Å². The summed E-state index contributed by atoms with van der Waals surface area (Å²) < 4.78 is 0. The third-order valence-corrected chi connectivity index (χ3v) is 1.56. The molecule has 0 aliphatic carbocycles. The molecule has 0 radical (unpaired) electrons. The minimum Gasteiger partial charge on any atom is -0.257 e. The molecule has 98 valence electrons. The van der Waals surface area contributed by atoms with E-state index in [4.69, 9.17) is 0 Å². The van der Waals surface area contributed by atoms with Gasteiger partial charge in [0.15, 0.2) is 0 Å². The second-order valence-electron chi connectivity index (χ2n) is 4.25. The van der Waals surface area contributed by atoms with Gasteiger partial charge in [0.25, 0.3) is 0 Å². The Labute approximate surface area is 108 Å². The van der Waals surface area contributed by atoms with Gasteiger partial charge in [-0.1, -0.05) is 53.7 Å². The Morgan fingerprint density at radius 1 is 1.24 bits per heavy atom. The summed E-state index contributed by atoms with van der Waals surface area (Å²) in [6.45, 7) is 14.7. The van der Waals surface area contributed by atoms with Crippen LogP contribution in [0.25, 0.3) is 6.08 Å². The number of aromatic nitrogens is 1. The molecule has 1 aromatic heterocycles. The van der Waals surface area contributed by atoms with Crippen molar-refractivity contribution in [3.63, 3.8) is 0 Å². The van der Waals surface area contributed by atoms with Gasteiger partial charge in [0.2, 0.25) is 0 Å². The van der Waals surface area contributed by atoms with E-state index in [-0.39, 0.29) is 0 Å². The van der Waals surface area contributed by atoms with Crippen LogP contribution in [0.1, 0.15) is 59.2 Å². The Morgan fingerprint density at radius 2 is 1.76 bits per heavy atom. The number of pyridine rings is 1. The van der Waals surface area contributed by atoms with Gasteiger partial charge in [0.05, 0.1) is 5.69 Å². The highest BCUT2D eigenvalue weighted by Gasteiger charge is 1.90. The first-order chi connectivity index (χ1) is 8.07. The van der Waals surface area contributed by atoms with Crippen LogP contribution in [-0.2, 0) is 0 Å². The SMILES string of the molecule is CC.CC(C)C.CC/C=C\c1ncccc1C. The molecule has 0 aliphatic rings. The van der Waals surface area contributed by atoms with Crippen molar-refractivity contribution in [2.45, 2.75) is 54.9 Å². The van der Waals surface area contributed by atoms with Crippen LogP contribution in [0.15, 0.2) is 24.4 Å². The number of aryl methyl sites for hydroxylation is 1. The average molecular weight is 235 g/mol. The molecule has 1 heteroatoms. The van der Waals surface area contributed by atoms with Gasteiger partial charge in [-0.25, -0.2) is 0 Å². The van der Waals surface area contributed by atoms with Crippen molar-refractivity contribution in [2.24, 2.45) is 5.92 Å². The van der Waals surface area contributed by atoms with Gasteiger partial charge in [-0.15, -0.1) is 0 Å². The second kappa shape index (κ2) is 13.0. The Balaban J connectivity index is 0. The largest absolute Gasteiger partial charge is 0.257 e. The van der Waals surface area contributed by atoms with E-state index in [0.717, 1.165) is 18.0 Å². The fraction of sp³-hybridized carbons (Fsp3) is 0.562. The Bertz CT molecular complexity index is 285. The van der Waals surface area contributed by atoms with E-state index in [1.54, 1.807) is 0 Å². The van der Waals surface area contributed by atoms with Crippen molar-refractivity contribution in [3.8, 4) is 0 Å². The summed E-state index contributed by atoms with van der Waals surface area (Å²) in [5, 5.41) is 0. The van der Waals surface area contributed by atoms with E-state index in [2.05, 4.69) is 57.8 Å². The van der Waals surface area contributed by atoms with Crippen molar-refractivity contribution in [2.75, 3.05) is 0 Å². The molecule has 0 atom stereocenters. The lowest BCUT2D eigenvalue weighted by Crippen LogP contribution is -1.83. The average Bonchev–Trinajstić information content (AvgIpc) is 2.30. The highest BCUT2D eigenvalue weighted by atomic mass is 14.7. The van der Waals surface area contributed by atoms with Crippen molar-refractivity contribution in [1.82, 2.24) is 4.98 Å².